The molecule has 0 aromatic rings. The van der Waals surface area contributed by atoms with Crippen LogP contribution in [0, 0.1) is 0 Å². The van der Waals surface area contributed by atoms with Crippen LogP contribution in [0.4, 0.5) is 0 Å². The van der Waals surface area contributed by atoms with E-state index in [0.29, 0.717) is 13.2 Å². The molecule has 0 spiro atoms. The van der Waals surface area contributed by atoms with Crippen LogP contribution in [0.5, 0.6) is 0 Å². The molecule has 0 saturated heterocycles. The normalized spacial score (nSPS) is 15.3. The number of hydrogen-bond acceptors (Lipinski definition) is 6. The molecule has 0 N–H and O–H groups in total. The van der Waals surface area contributed by atoms with Gasteiger partial charge in [0.15, 0.2) is 8.32 Å². The SMILES string of the molecule is C=CC(=O)OCCC[Si](C)(C)OC(C)(CC)[Si](C)(C)OC(C)[Si](C)(C)CCCOC(=O)C=C. The standard InChI is InChI=1S/C24H48O6Si3/c1-12-22(25)27-17-15-19-31(6,7)21(4)29-33(10,11)24(5,14-3)30-32(8,9)20-16-18-28-23(26)13-2/h12-13,21H,1-2,14-20H2,3-11H3. The predicted octanol–water partition coefficient (Wildman–Crippen LogP) is 6.01. The van der Waals surface area contributed by atoms with Gasteiger partial charge in [-0.2, -0.15) is 0 Å². The summed E-state index contributed by atoms with van der Waals surface area (Å²) in [6.45, 7) is 27.9. The number of carbonyl (C=O) groups is 2. The molecule has 33 heavy (non-hydrogen) atoms. The zero-order valence-electron chi connectivity index (χ0n) is 22.5. The number of ether oxygens (including phenoxy) is 2. The van der Waals surface area contributed by atoms with Gasteiger partial charge in [0.1, 0.15) is 0 Å². The van der Waals surface area contributed by atoms with E-state index >= 15 is 0 Å². The second-order valence-electron chi connectivity index (χ2n) is 10.7. The van der Waals surface area contributed by atoms with Crippen molar-refractivity contribution in [3.05, 3.63) is 25.3 Å². The lowest BCUT2D eigenvalue weighted by atomic mass is 10.3. The predicted molar refractivity (Wildman–Crippen MR) is 144 cm³/mol. The minimum absolute atomic E-state index is 0.173. The number of carbonyl (C=O) groups excluding carboxylic acids is 2. The van der Waals surface area contributed by atoms with Gasteiger partial charge in [0.05, 0.1) is 26.5 Å². The summed E-state index contributed by atoms with van der Waals surface area (Å²) >= 11 is 0. The first-order valence-electron chi connectivity index (χ1n) is 12.0. The van der Waals surface area contributed by atoms with Crippen LogP contribution in [0.25, 0.3) is 0 Å². The third-order valence-electron chi connectivity index (χ3n) is 6.73. The Kier molecular flexibility index (Phi) is 13.3. The summed E-state index contributed by atoms with van der Waals surface area (Å²) in [6, 6.07) is 1.94. The highest BCUT2D eigenvalue weighted by molar-refractivity contribution is 6.81. The molecule has 2 atom stereocenters. The van der Waals surface area contributed by atoms with Crippen LogP contribution in [0.2, 0.25) is 51.4 Å². The zero-order valence-corrected chi connectivity index (χ0v) is 25.5. The lowest BCUT2D eigenvalue weighted by molar-refractivity contribution is -0.138. The number of esters is 2. The molecule has 0 aliphatic heterocycles. The van der Waals surface area contributed by atoms with Crippen molar-refractivity contribution in [2.24, 2.45) is 0 Å². The minimum Gasteiger partial charge on any atom is -0.463 e. The Bertz CT molecular complexity index is 663. The highest BCUT2D eigenvalue weighted by Gasteiger charge is 2.49. The van der Waals surface area contributed by atoms with Gasteiger partial charge >= 0.3 is 11.9 Å². The molecule has 0 amide bonds. The topological polar surface area (TPSA) is 71.1 Å². The fraction of sp³-hybridized carbons (Fsp3) is 0.750. The average Bonchev–Trinajstić information content (AvgIpc) is 2.72. The molecule has 0 fully saturated rings. The highest BCUT2D eigenvalue weighted by Crippen LogP contribution is 2.36. The summed E-state index contributed by atoms with van der Waals surface area (Å²) in [4.78, 5) is 22.5. The van der Waals surface area contributed by atoms with E-state index in [9.17, 15) is 9.59 Å². The van der Waals surface area contributed by atoms with Gasteiger partial charge in [-0.25, -0.2) is 9.59 Å². The van der Waals surface area contributed by atoms with Gasteiger partial charge in [-0.1, -0.05) is 39.2 Å². The van der Waals surface area contributed by atoms with Gasteiger partial charge in [-0.05, 0) is 65.3 Å². The molecule has 0 bridgehead atoms. The molecule has 0 rings (SSSR count). The Morgan fingerprint density at radius 2 is 1.36 bits per heavy atom. The van der Waals surface area contributed by atoms with E-state index in [0.717, 1.165) is 31.4 Å². The number of hydrogen-bond donors (Lipinski definition) is 0. The van der Waals surface area contributed by atoms with Crippen molar-refractivity contribution in [1.29, 1.82) is 0 Å². The molecule has 0 aliphatic rings. The third kappa shape index (κ3) is 11.3. The Morgan fingerprint density at radius 3 is 1.79 bits per heavy atom. The maximum Gasteiger partial charge on any atom is 0.330 e. The Morgan fingerprint density at radius 1 is 0.909 bits per heavy atom. The van der Waals surface area contributed by atoms with Crippen molar-refractivity contribution < 1.29 is 27.9 Å². The smallest absolute Gasteiger partial charge is 0.330 e. The van der Waals surface area contributed by atoms with Crippen LogP contribution in [0.15, 0.2) is 25.3 Å². The lowest BCUT2D eigenvalue weighted by Gasteiger charge is -2.48. The van der Waals surface area contributed by atoms with E-state index in [-0.39, 0.29) is 22.9 Å². The zero-order chi connectivity index (χ0) is 25.9. The molecule has 0 saturated carbocycles. The van der Waals surface area contributed by atoms with Crippen LogP contribution in [-0.2, 0) is 27.9 Å². The van der Waals surface area contributed by atoms with E-state index in [2.05, 4.69) is 73.2 Å². The first kappa shape index (κ1) is 32.0. The van der Waals surface area contributed by atoms with Crippen LogP contribution < -0.4 is 0 Å². The second kappa shape index (κ2) is 13.8. The molecule has 0 aromatic heterocycles. The van der Waals surface area contributed by atoms with E-state index < -0.39 is 24.7 Å². The summed E-state index contributed by atoms with van der Waals surface area (Å²) in [5.41, 5.74) is 0.173. The summed E-state index contributed by atoms with van der Waals surface area (Å²) in [6.07, 6.45) is 4.91. The molecule has 6 nitrogen and oxygen atoms in total. The van der Waals surface area contributed by atoms with E-state index in [4.69, 9.17) is 18.3 Å². The molecule has 0 aromatic carbocycles. The van der Waals surface area contributed by atoms with E-state index in [1.54, 1.807) is 0 Å². The first-order chi connectivity index (χ1) is 15.1. The maximum atomic E-state index is 11.3. The molecule has 0 heterocycles. The van der Waals surface area contributed by atoms with Crippen LogP contribution in [0.3, 0.4) is 0 Å². The van der Waals surface area contributed by atoms with Crippen molar-refractivity contribution in [2.45, 2.75) is 102 Å². The lowest BCUT2D eigenvalue weighted by Crippen LogP contribution is -2.63. The Balaban J connectivity index is 5.04. The van der Waals surface area contributed by atoms with E-state index in [1.165, 1.54) is 12.2 Å². The summed E-state index contributed by atoms with van der Waals surface area (Å²) in [7, 11) is -5.92. The second-order valence-corrected chi connectivity index (χ2v) is 24.5. The fourth-order valence-electron chi connectivity index (χ4n) is 3.70. The molecule has 0 aliphatic carbocycles. The third-order valence-corrected chi connectivity index (χ3v) is 17.6. The molecular formula is C24H48O6Si3. The van der Waals surface area contributed by atoms with Gasteiger partial charge in [0, 0.05) is 17.9 Å². The van der Waals surface area contributed by atoms with Gasteiger partial charge < -0.3 is 18.3 Å². The maximum absolute atomic E-state index is 11.3. The van der Waals surface area contributed by atoms with Crippen molar-refractivity contribution in [2.75, 3.05) is 13.2 Å². The van der Waals surface area contributed by atoms with Gasteiger partial charge in [0.25, 0.3) is 0 Å². The average molecular weight is 517 g/mol. The van der Waals surface area contributed by atoms with Crippen LogP contribution >= 0.6 is 0 Å². The van der Waals surface area contributed by atoms with Gasteiger partial charge in [-0.15, -0.1) is 0 Å². The van der Waals surface area contributed by atoms with Gasteiger partial charge in [-0.3, -0.25) is 0 Å². The van der Waals surface area contributed by atoms with Crippen LogP contribution in [0.1, 0.15) is 40.0 Å². The first-order valence-corrected chi connectivity index (χ1v) is 21.3. The van der Waals surface area contributed by atoms with Crippen molar-refractivity contribution >= 4 is 36.6 Å². The van der Waals surface area contributed by atoms with Crippen molar-refractivity contribution in [1.82, 2.24) is 0 Å². The summed E-state index contributed by atoms with van der Waals surface area (Å²) < 4.78 is 24.0. The van der Waals surface area contributed by atoms with E-state index in [1.807, 2.05) is 0 Å². The molecule has 192 valence electrons. The fourth-order valence-corrected chi connectivity index (χ4v) is 13.6. The summed E-state index contributed by atoms with van der Waals surface area (Å²) in [5, 5.41) is -0.307. The Labute approximate surface area is 205 Å². The largest absolute Gasteiger partial charge is 0.463 e. The Hall–Kier alpha value is -1.01. The number of rotatable bonds is 17. The minimum atomic E-state index is -2.23. The highest BCUT2D eigenvalue weighted by atomic mass is 28.4. The summed E-state index contributed by atoms with van der Waals surface area (Å²) in [5.74, 6) is -0.746. The molecule has 9 heteroatoms. The van der Waals surface area contributed by atoms with Crippen molar-refractivity contribution in [3.8, 4) is 0 Å². The van der Waals surface area contributed by atoms with Crippen molar-refractivity contribution in [3.63, 3.8) is 0 Å². The monoisotopic (exact) mass is 516 g/mol. The quantitative estimate of drug-likeness (QED) is 0.102. The molecule has 0 radical (unpaired) electrons. The molecule has 2 unspecified atom stereocenters. The van der Waals surface area contributed by atoms with Gasteiger partial charge in [0.2, 0.25) is 8.32 Å². The van der Waals surface area contributed by atoms with Crippen LogP contribution in [-0.4, -0.2) is 60.8 Å². The molecular weight excluding hydrogens is 469 g/mol.